The Labute approximate surface area is 301 Å². The van der Waals surface area contributed by atoms with E-state index >= 15 is 0 Å². The van der Waals surface area contributed by atoms with E-state index in [-0.39, 0.29) is 0 Å². The number of fused-ring (bicyclic) bond motifs is 9. The van der Waals surface area contributed by atoms with Gasteiger partial charge in [-0.05, 0) is 58.1 Å². The van der Waals surface area contributed by atoms with Crippen molar-refractivity contribution in [2.24, 2.45) is 0 Å². The van der Waals surface area contributed by atoms with E-state index in [9.17, 15) is 5.26 Å². The Kier molecular flexibility index (Phi) is 6.74. The van der Waals surface area contributed by atoms with Crippen molar-refractivity contribution in [2.75, 3.05) is 0 Å². The fourth-order valence-electron chi connectivity index (χ4n) is 8.18. The first-order valence-corrected chi connectivity index (χ1v) is 17.4. The molecule has 52 heavy (non-hydrogen) atoms. The number of ether oxygens (including phenoxy) is 1. The minimum Gasteiger partial charge on any atom is -0.457 e. The van der Waals surface area contributed by atoms with Gasteiger partial charge in [0.1, 0.15) is 11.5 Å². The van der Waals surface area contributed by atoms with Crippen LogP contribution in [-0.4, -0.2) is 9.97 Å². The fraction of sp³-hybridized carbons (Fsp3) is 0.0208. The van der Waals surface area contributed by atoms with Gasteiger partial charge >= 0.3 is 0 Å². The molecular formula is C48H29N3O. The van der Waals surface area contributed by atoms with Gasteiger partial charge in [0.05, 0.1) is 28.4 Å². The van der Waals surface area contributed by atoms with Gasteiger partial charge < -0.3 is 4.74 Å². The van der Waals surface area contributed by atoms with E-state index in [0.717, 1.165) is 84.1 Å². The van der Waals surface area contributed by atoms with Crippen molar-refractivity contribution in [3.05, 3.63) is 204 Å². The maximum absolute atomic E-state index is 10.1. The molecule has 242 valence electrons. The number of hydrogen-bond acceptors (Lipinski definition) is 4. The lowest BCUT2D eigenvalue weighted by molar-refractivity contribution is 0.436. The summed E-state index contributed by atoms with van der Waals surface area (Å²) in [5.41, 5.74) is 13.1. The molecule has 0 saturated carbocycles. The molecule has 4 nitrogen and oxygen atoms in total. The summed E-state index contributed by atoms with van der Waals surface area (Å²) in [5, 5.41) is 10.1. The first-order valence-electron chi connectivity index (χ1n) is 17.4. The lowest BCUT2D eigenvalue weighted by atomic mass is 9.65. The molecule has 0 unspecified atom stereocenters. The van der Waals surface area contributed by atoms with E-state index < -0.39 is 5.41 Å². The quantitative estimate of drug-likeness (QED) is 0.188. The highest BCUT2D eigenvalue weighted by Gasteiger charge is 2.51. The molecule has 0 saturated heterocycles. The van der Waals surface area contributed by atoms with E-state index in [4.69, 9.17) is 14.7 Å². The molecule has 8 aromatic rings. The molecule has 1 aliphatic heterocycles. The second-order valence-corrected chi connectivity index (χ2v) is 13.2. The van der Waals surface area contributed by atoms with Crippen LogP contribution in [0.5, 0.6) is 11.5 Å². The molecule has 7 aromatic carbocycles. The van der Waals surface area contributed by atoms with Crippen LogP contribution in [0.15, 0.2) is 176 Å². The summed E-state index contributed by atoms with van der Waals surface area (Å²) in [7, 11) is 0. The van der Waals surface area contributed by atoms with Crippen molar-refractivity contribution >= 4 is 0 Å². The van der Waals surface area contributed by atoms with Gasteiger partial charge in [-0.1, -0.05) is 146 Å². The third-order valence-electron chi connectivity index (χ3n) is 10.4. The van der Waals surface area contributed by atoms with Crippen molar-refractivity contribution in [1.29, 1.82) is 5.26 Å². The molecular weight excluding hydrogens is 635 g/mol. The van der Waals surface area contributed by atoms with E-state index in [1.165, 1.54) is 0 Å². The van der Waals surface area contributed by atoms with Gasteiger partial charge in [-0.25, -0.2) is 9.97 Å². The first-order chi connectivity index (χ1) is 25.7. The van der Waals surface area contributed by atoms with Crippen LogP contribution < -0.4 is 4.74 Å². The van der Waals surface area contributed by atoms with Crippen molar-refractivity contribution in [3.63, 3.8) is 0 Å². The van der Waals surface area contributed by atoms with Crippen molar-refractivity contribution in [1.82, 2.24) is 9.97 Å². The summed E-state index contributed by atoms with van der Waals surface area (Å²) in [4.78, 5) is 10.7. The predicted octanol–water partition coefficient (Wildman–Crippen LogP) is 11.5. The fourth-order valence-corrected chi connectivity index (χ4v) is 8.18. The Bertz CT molecular complexity index is 2670. The summed E-state index contributed by atoms with van der Waals surface area (Å²) in [6, 6.07) is 62.8. The van der Waals surface area contributed by atoms with Crippen molar-refractivity contribution in [3.8, 4) is 73.7 Å². The summed E-state index contributed by atoms with van der Waals surface area (Å²) < 4.78 is 6.59. The highest BCUT2D eigenvalue weighted by Crippen LogP contribution is 2.62. The molecule has 0 atom stereocenters. The van der Waals surface area contributed by atoms with Crippen LogP contribution in [0.4, 0.5) is 0 Å². The Hall–Kier alpha value is -7.09. The Balaban J connectivity index is 1.33. The molecule has 2 heterocycles. The van der Waals surface area contributed by atoms with E-state index in [1.54, 1.807) is 0 Å². The molecule has 0 N–H and O–H groups in total. The van der Waals surface area contributed by atoms with Crippen molar-refractivity contribution in [2.45, 2.75) is 5.41 Å². The van der Waals surface area contributed by atoms with Crippen LogP contribution in [-0.2, 0) is 5.41 Å². The van der Waals surface area contributed by atoms with Crippen molar-refractivity contribution < 1.29 is 4.74 Å². The third kappa shape index (κ3) is 4.40. The largest absolute Gasteiger partial charge is 0.457 e. The summed E-state index contributed by atoms with van der Waals surface area (Å²) in [6.07, 6.45) is 0. The molecule has 1 aliphatic carbocycles. The highest BCUT2D eigenvalue weighted by molar-refractivity contribution is 5.95. The van der Waals surface area contributed by atoms with Crippen LogP contribution in [0.3, 0.4) is 0 Å². The predicted molar refractivity (Wildman–Crippen MR) is 206 cm³/mol. The molecule has 1 spiro atoms. The molecule has 0 bridgehead atoms. The Morgan fingerprint density at radius 2 is 0.942 bits per heavy atom. The smallest absolute Gasteiger partial charge is 0.160 e. The van der Waals surface area contributed by atoms with Crippen LogP contribution in [0.1, 0.15) is 27.8 Å². The number of para-hydroxylation sites is 2. The molecule has 0 radical (unpaired) electrons. The van der Waals surface area contributed by atoms with E-state index in [1.807, 2.05) is 60.7 Å². The number of aromatic nitrogens is 2. The topological polar surface area (TPSA) is 58.8 Å². The third-order valence-corrected chi connectivity index (χ3v) is 10.4. The van der Waals surface area contributed by atoms with Gasteiger partial charge in [-0.15, -0.1) is 0 Å². The monoisotopic (exact) mass is 663 g/mol. The number of nitriles is 1. The molecule has 2 aliphatic rings. The van der Waals surface area contributed by atoms with Crippen LogP contribution in [0, 0.1) is 11.3 Å². The van der Waals surface area contributed by atoms with Crippen LogP contribution >= 0.6 is 0 Å². The summed E-state index contributed by atoms with van der Waals surface area (Å²) in [5.74, 6) is 2.27. The number of nitrogens with zero attached hydrogens (tertiary/aromatic N) is 3. The first kappa shape index (κ1) is 29.8. The zero-order chi connectivity index (χ0) is 34.6. The van der Waals surface area contributed by atoms with E-state index in [0.29, 0.717) is 11.4 Å². The SMILES string of the molecule is N#Cc1ccc2c(c1)C1(c3ccccc3Oc3ccccc31)c1cc(-c3nc(-c4ccccc4)nc(-c4ccccc4)c3-c3ccccc3)ccc1-2. The second kappa shape index (κ2) is 11.8. The molecule has 0 fully saturated rings. The maximum atomic E-state index is 10.1. The summed E-state index contributed by atoms with van der Waals surface area (Å²) in [6.45, 7) is 0. The van der Waals surface area contributed by atoms with Gasteiger partial charge in [0.25, 0.3) is 0 Å². The number of rotatable bonds is 4. The average molecular weight is 664 g/mol. The Morgan fingerprint density at radius 3 is 1.56 bits per heavy atom. The molecule has 1 aromatic heterocycles. The minimum absolute atomic E-state index is 0.620. The van der Waals surface area contributed by atoms with Gasteiger partial charge in [0, 0.05) is 33.4 Å². The average Bonchev–Trinajstić information content (AvgIpc) is 3.50. The van der Waals surface area contributed by atoms with Crippen LogP contribution in [0.2, 0.25) is 0 Å². The number of hydrogen-bond donors (Lipinski definition) is 0. The summed E-state index contributed by atoms with van der Waals surface area (Å²) >= 11 is 0. The second-order valence-electron chi connectivity index (χ2n) is 13.2. The number of benzene rings is 7. The van der Waals surface area contributed by atoms with Gasteiger partial charge in [-0.3, -0.25) is 0 Å². The van der Waals surface area contributed by atoms with Crippen LogP contribution in [0.25, 0.3) is 56.2 Å². The zero-order valence-corrected chi connectivity index (χ0v) is 28.0. The standard InChI is InChI=1S/C48H29N3O/c49-30-31-24-26-36-37-27-25-35(29-41(37)48(40(36)28-31)38-20-10-12-22-42(38)52-43-23-13-11-21-39(43)48)46-44(32-14-4-1-5-15-32)45(33-16-6-2-7-17-33)50-47(51-46)34-18-8-3-9-19-34/h1-29H. The molecule has 0 amide bonds. The minimum atomic E-state index is -0.733. The normalized spacial score (nSPS) is 12.9. The van der Waals surface area contributed by atoms with Gasteiger partial charge in [0.2, 0.25) is 0 Å². The highest BCUT2D eigenvalue weighted by atomic mass is 16.5. The lowest BCUT2D eigenvalue weighted by Gasteiger charge is -2.39. The zero-order valence-electron chi connectivity index (χ0n) is 28.0. The molecule has 10 rings (SSSR count). The van der Waals surface area contributed by atoms with Gasteiger partial charge in [-0.2, -0.15) is 5.26 Å². The lowest BCUT2D eigenvalue weighted by Crippen LogP contribution is -2.32. The van der Waals surface area contributed by atoms with E-state index in [2.05, 4.69) is 121 Å². The Morgan fingerprint density at radius 1 is 0.442 bits per heavy atom. The molecule has 4 heteroatoms. The van der Waals surface area contributed by atoms with Gasteiger partial charge in [0.15, 0.2) is 5.82 Å². The maximum Gasteiger partial charge on any atom is 0.160 e.